The summed E-state index contributed by atoms with van der Waals surface area (Å²) < 4.78 is 0. The van der Waals surface area contributed by atoms with E-state index >= 15 is 0 Å². The van der Waals surface area contributed by atoms with Gasteiger partial charge in [-0.25, -0.2) is 4.99 Å². The zero-order valence-corrected chi connectivity index (χ0v) is 18.6. The number of amidine groups is 1. The lowest BCUT2D eigenvalue weighted by Crippen LogP contribution is -2.56. The number of hydrogen-bond acceptors (Lipinski definition) is 3. The Labute approximate surface area is 175 Å². The molecule has 0 radical (unpaired) electrons. The first kappa shape index (κ1) is 18.7. The molecule has 0 amide bonds. The average Bonchev–Trinajstić information content (AvgIpc) is 3.20. The second kappa shape index (κ2) is 6.10. The summed E-state index contributed by atoms with van der Waals surface area (Å²) in [7, 11) is 2.16. The Bertz CT molecular complexity index is 1010. The van der Waals surface area contributed by atoms with Gasteiger partial charge in [-0.3, -0.25) is 0 Å². The Balaban J connectivity index is 1.73. The summed E-state index contributed by atoms with van der Waals surface area (Å²) in [6.07, 6.45) is 4.96. The molecule has 2 aliphatic heterocycles. The van der Waals surface area contributed by atoms with Crippen LogP contribution in [0.4, 0.5) is 0 Å². The summed E-state index contributed by atoms with van der Waals surface area (Å²) in [4.78, 5) is 10.1. The molecule has 1 aromatic carbocycles. The van der Waals surface area contributed by atoms with Gasteiger partial charge in [-0.05, 0) is 75.1 Å². The van der Waals surface area contributed by atoms with Crippen LogP contribution in [0.25, 0.3) is 0 Å². The van der Waals surface area contributed by atoms with Gasteiger partial charge >= 0.3 is 0 Å². The molecule has 1 aromatic rings. The van der Waals surface area contributed by atoms with Crippen LogP contribution in [-0.2, 0) is 11.8 Å². The zero-order chi connectivity index (χ0) is 20.7. The van der Waals surface area contributed by atoms with Crippen LogP contribution in [0.5, 0.6) is 0 Å². The summed E-state index contributed by atoms with van der Waals surface area (Å²) in [6.45, 7) is 18.7. The monoisotopic (exact) mass is 387 g/mol. The van der Waals surface area contributed by atoms with Gasteiger partial charge in [-0.1, -0.05) is 37.3 Å². The lowest BCUT2D eigenvalue weighted by Gasteiger charge is -2.50. The summed E-state index contributed by atoms with van der Waals surface area (Å²) in [6, 6.07) is 5.22. The Kier molecular flexibility index (Phi) is 3.94. The summed E-state index contributed by atoms with van der Waals surface area (Å²) in [5, 5.41) is 0. The summed E-state index contributed by atoms with van der Waals surface area (Å²) >= 11 is 0. The molecule has 0 bridgehead atoms. The molecule has 3 heteroatoms. The molecular formula is C26H33N3. The molecule has 3 atom stereocenters. The number of nitrogens with zero attached hydrogens (tertiary/aromatic N) is 3. The number of aliphatic imine (C=N–C) groups is 1. The molecule has 2 aliphatic carbocycles. The standard InChI is InChI=1S/C26H33N3/c1-15-11-16(2)22-13-21-9-8-10-26(21,23(22)12-15)25-27-19(5)18(4)24-20(6)28(7)17(3)14-29(24)25/h11-12,17,21H,5-6,8-10,13-14H2,1-4,7H3. The van der Waals surface area contributed by atoms with Gasteiger partial charge in [0.05, 0.1) is 22.5 Å². The van der Waals surface area contributed by atoms with Crippen LogP contribution >= 0.6 is 0 Å². The second-order valence-corrected chi connectivity index (χ2v) is 9.75. The molecule has 5 rings (SSSR count). The first-order valence-corrected chi connectivity index (χ1v) is 11.0. The van der Waals surface area contributed by atoms with Crippen LogP contribution in [0, 0.1) is 19.8 Å². The molecule has 29 heavy (non-hydrogen) atoms. The van der Waals surface area contributed by atoms with Gasteiger partial charge in [0.1, 0.15) is 5.84 Å². The minimum absolute atomic E-state index is 0.0247. The third-order valence-electron chi connectivity index (χ3n) is 8.13. The molecule has 4 aliphatic rings. The predicted octanol–water partition coefficient (Wildman–Crippen LogP) is 5.25. The van der Waals surface area contributed by atoms with Crippen molar-refractivity contribution < 1.29 is 0 Å². The molecule has 152 valence electrons. The van der Waals surface area contributed by atoms with E-state index in [1.807, 2.05) is 0 Å². The molecule has 3 nitrogen and oxygen atoms in total. The Morgan fingerprint density at radius 3 is 2.69 bits per heavy atom. The maximum Gasteiger partial charge on any atom is 0.120 e. The van der Waals surface area contributed by atoms with Crippen LogP contribution in [0.3, 0.4) is 0 Å². The molecule has 0 spiro atoms. The largest absolute Gasteiger partial charge is 0.369 e. The van der Waals surface area contributed by atoms with Gasteiger partial charge < -0.3 is 9.80 Å². The quantitative estimate of drug-likeness (QED) is 0.656. The van der Waals surface area contributed by atoms with Crippen LogP contribution < -0.4 is 0 Å². The Morgan fingerprint density at radius 1 is 1.17 bits per heavy atom. The molecule has 2 heterocycles. The number of allylic oxidation sites excluding steroid dienone is 1. The van der Waals surface area contributed by atoms with Crippen molar-refractivity contribution in [3.05, 3.63) is 70.2 Å². The molecule has 1 saturated heterocycles. The van der Waals surface area contributed by atoms with Crippen molar-refractivity contribution in [3.8, 4) is 0 Å². The highest BCUT2D eigenvalue weighted by Crippen LogP contribution is 2.57. The van der Waals surface area contributed by atoms with Crippen molar-refractivity contribution in [2.45, 2.75) is 64.8 Å². The number of aryl methyl sites for hydroxylation is 2. The number of piperazine rings is 1. The number of likely N-dealkylation sites (N-methyl/N-ethyl adjacent to an activating group) is 1. The van der Waals surface area contributed by atoms with Gasteiger partial charge in [0, 0.05) is 19.6 Å². The third-order valence-corrected chi connectivity index (χ3v) is 8.13. The Morgan fingerprint density at radius 2 is 1.93 bits per heavy atom. The van der Waals surface area contributed by atoms with Crippen molar-refractivity contribution in [1.29, 1.82) is 0 Å². The topological polar surface area (TPSA) is 18.8 Å². The third kappa shape index (κ3) is 2.33. The number of rotatable bonds is 1. The van der Waals surface area contributed by atoms with Gasteiger partial charge in [0.2, 0.25) is 0 Å². The van der Waals surface area contributed by atoms with Crippen molar-refractivity contribution in [2.24, 2.45) is 10.9 Å². The molecule has 0 aromatic heterocycles. The van der Waals surface area contributed by atoms with E-state index in [1.165, 1.54) is 53.9 Å². The van der Waals surface area contributed by atoms with Crippen LogP contribution in [0.2, 0.25) is 0 Å². The van der Waals surface area contributed by atoms with E-state index in [4.69, 9.17) is 4.99 Å². The SMILES string of the molecule is C=C1N=C(C23CCCC2Cc2c(C)cc(C)cc23)N2CC(C)N(C)C(=C)C2=C1C. The van der Waals surface area contributed by atoms with Gasteiger partial charge in [0.15, 0.2) is 0 Å². The van der Waals surface area contributed by atoms with Crippen LogP contribution in [-0.4, -0.2) is 35.3 Å². The minimum atomic E-state index is 0.0247. The van der Waals surface area contributed by atoms with Crippen molar-refractivity contribution in [3.63, 3.8) is 0 Å². The van der Waals surface area contributed by atoms with Crippen LogP contribution in [0.1, 0.15) is 55.4 Å². The lowest BCUT2D eigenvalue weighted by molar-refractivity contribution is 0.223. The fourth-order valence-electron chi connectivity index (χ4n) is 6.46. The molecular weight excluding hydrogens is 354 g/mol. The fourth-order valence-corrected chi connectivity index (χ4v) is 6.46. The normalized spacial score (nSPS) is 31.1. The number of fused-ring (bicyclic) bond motifs is 4. The smallest absolute Gasteiger partial charge is 0.120 e. The van der Waals surface area contributed by atoms with E-state index in [1.54, 1.807) is 11.1 Å². The van der Waals surface area contributed by atoms with E-state index in [2.05, 4.69) is 69.8 Å². The van der Waals surface area contributed by atoms with E-state index in [9.17, 15) is 0 Å². The molecule has 0 N–H and O–H groups in total. The fraction of sp³-hybridized carbons (Fsp3) is 0.500. The van der Waals surface area contributed by atoms with Gasteiger partial charge in [-0.2, -0.15) is 0 Å². The van der Waals surface area contributed by atoms with Crippen LogP contribution in [0.15, 0.2) is 52.9 Å². The second-order valence-electron chi connectivity index (χ2n) is 9.75. The van der Waals surface area contributed by atoms with Crippen molar-refractivity contribution in [1.82, 2.24) is 9.80 Å². The van der Waals surface area contributed by atoms with Gasteiger partial charge in [0.25, 0.3) is 0 Å². The highest BCUT2D eigenvalue weighted by molar-refractivity contribution is 5.99. The summed E-state index contributed by atoms with van der Waals surface area (Å²) in [5.41, 5.74) is 10.4. The van der Waals surface area contributed by atoms with E-state index in [0.717, 1.165) is 17.9 Å². The maximum absolute atomic E-state index is 5.25. The maximum atomic E-state index is 5.25. The van der Waals surface area contributed by atoms with E-state index in [0.29, 0.717) is 12.0 Å². The molecule has 1 saturated carbocycles. The van der Waals surface area contributed by atoms with E-state index in [-0.39, 0.29) is 5.41 Å². The van der Waals surface area contributed by atoms with Crippen molar-refractivity contribution >= 4 is 5.84 Å². The highest BCUT2D eigenvalue weighted by atomic mass is 15.3. The lowest BCUT2D eigenvalue weighted by atomic mass is 9.73. The minimum Gasteiger partial charge on any atom is -0.369 e. The first-order valence-electron chi connectivity index (χ1n) is 11.0. The van der Waals surface area contributed by atoms with Crippen molar-refractivity contribution in [2.75, 3.05) is 13.6 Å². The average molecular weight is 388 g/mol. The number of hydrogen-bond donors (Lipinski definition) is 0. The van der Waals surface area contributed by atoms with Gasteiger partial charge in [-0.15, -0.1) is 0 Å². The summed E-state index contributed by atoms with van der Waals surface area (Å²) in [5.74, 6) is 1.89. The predicted molar refractivity (Wildman–Crippen MR) is 121 cm³/mol. The number of benzene rings is 1. The first-order chi connectivity index (χ1) is 13.8. The zero-order valence-electron chi connectivity index (χ0n) is 18.6. The molecule has 3 unspecified atom stereocenters. The molecule has 2 fully saturated rings. The highest BCUT2D eigenvalue weighted by Gasteiger charge is 2.56. The Hall–Kier alpha value is -2.29. The van der Waals surface area contributed by atoms with E-state index < -0.39 is 0 Å².